The second-order valence-electron chi connectivity index (χ2n) is 4.04. The Labute approximate surface area is 93.7 Å². The molecular weight excluding hydrogens is 232 g/mol. The Balaban J connectivity index is 2.18. The number of alkyl halides is 2. The first-order valence-corrected chi connectivity index (χ1v) is 4.89. The molecular formula is C10H7F2N3O2. The number of aliphatic carboxylic acids is 1. The van der Waals surface area contributed by atoms with E-state index in [9.17, 15) is 13.6 Å². The summed E-state index contributed by atoms with van der Waals surface area (Å²) in [5.74, 6) is -4.79. The summed E-state index contributed by atoms with van der Waals surface area (Å²) < 4.78 is 27.8. The van der Waals surface area contributed by atoms with E-state index in [1.807, 2.05) is 0 Å². The van der Waals surface area contributed by atoms with Crippen molar-refractivity contribution in [1.82, 2.24) is 14.6 Å². The number of hydrogen-bond donors (Lipinski definition) is 1. The van der Waals surface area contributed by atoms with Gasteiger partial charge in [0.25, 0.3) is 5.92 Å². The number of nitrogens with zero attached hydrogens (tertiary/aromatic N) is 3. The first-order chi connectivity index (χ1) is 7.97. The van der Waals surface area contributed by atoms with E-state index < -0.39 is 23.7 Å². The molecule has 5 nitrogen and oxygen atoms in total. The lowest BCUT2D eigenvalue weighted by molar-refractivity contribution is -0.143. The summed E-state index contributed by atoms with van der Waals surface area (Å²) in [5.41, 5.74) is -1.97. The summed E-state index contributed by atoms with van der Waals surface area (Å²) in [5, 5.41) is 12.8. The zero-order valence-electron chi connectivity index (χ0n) is 8.47. The summed E-state index contributed by atoms with van der Waals surface area (Å²) in [6.07, 6.45) is 2.31. The molecule has 0 aromatic carbocycles. The topological polar surface area (TPSA) is 67.5 Å². The van der Waals surface area contributed by atoms with Crippen molar-refractivity contribution in [3.05, 3.63) is 30.2 Å². The summed E-state index contributed by atoms with van der Waals surface area (Å²) in [7, 11) is 0. The molecule has 2 aromatic rings. The standard InChI is InChI=1S/C10H7F2N3O2/c11-10(12)5-9(10,8(16)17)6-4-7-13-2-1-3-15(7)14-6/h1-4H,5H2,(H,16,17). The number of rotatable bonds is 2. The summed E-state index contributed by atoms with van der Waals surface area (Å²) >= 11 is 0. The predicted octanol–water partition coefficient (Wildman–Crippen LogP) is 1.09. The molecule has 1 atom stereocenters. The Hall–Kier alpha value is -2.05. The van der Waals surface area contributed by atoms with Gasteiger partial charge in [-0.1, -0.05) is 0 Å². The van der Waals surface area contributed by atoms with Gasteiger partial charge in [-0.25, -0.2) is 18.3 Å². The number of fused-ring (bicyclic) bond motifs is 1. The summed E-state index contributed by atoms with van der Waals surface area (Å²) in [4.78, 5) is 14.9. The minimum Gasteiger partial charge on any atom is -0.480 e. The van der Waals surface area contributed by atoms with Crippen LogP contribution in [0.3, 0.4) is 0 Å². The maximum Gasteiger partial charge on any atom is 0.322 e. The van der Waals surface area contributed by atoms with E-state index in [1.54, 1.807) is 6.07 Å². The second-order valence-corrected chi connectivity index (χ2v) is 4.04. The molecule has 1 aliphatic carbocycles. The lowest BCUT2D eigenvalue weighted by Gasteiger charge is -2.06. The van der Waals surface area contributed by atoms with Crippen LogP contribution in [-0.4, -0.2) is 31.6 Å². The smallest absolute Gasteiger partial charge is 0.322 e. The van der Waals surface area contributed by atoms with E-state index >= 15 is 0 Å². The highest BCUT2D eigenvalue weighted by atomic mass is 19.3. The summed E-state index contributed by atoms with van der Waals surface area (Å²) in [6, 6.07) is 2.87. The van der Waals surface area contributed by atoms with Gasteiger partial charge in [-0.2, -0.15) is 5.10 Å². The van der Waals surface area contributed by atoms with Gasteiger partial charge in [0.05, 0.1) is 5.69 Å². The molecule has 1 unspecified atom stereocenters. The van der Waals surface area contributed by atoms with Gasteiger partial charge in [0.1, 0.15) is 0 Å². The van der Waals surface area contributed by atoms with Crippen molar-refractivity contribution in [3.63, 3.8) is 0 Å². The summed E-state index contributed by atoms with van der Waals surface area (Å²) in [6.45, 7) is 0. The number of hydrogen-bond acceptors (Lipinski definition) is 3. The molecule has 1 fully saturated rings. The molecule has 0 radical (unpaired) electrons. The predicted molar refractivity (Wildman–Crippen MR) is 51.9 cm³/mol. The average Bonchev–Trinajstić information content (AvgIpc) is 2.69. The van der Waals surface area contributed by atoms with Crippen LogP contribution in [0.5, 0.6) is 0 Å². The fraction of sp³-hybridized carbons (Fsp3) is 0.300. The highest BCUT2D eigenvalue weighted by molar-refractivity contribution is 5.87. The van der Waals surface area contributed by atoms with Crippen LogP contribution in [0.2, 0.25) is 0 Å². The molecule has 7 heteroatoms. The number of carboxylic acids is 1. The molecule has 1 aliphatic rings. The van der Waals surface area contributed by atoms with Gasteiger partial charge in [0, 0.05) is 24.9 Å². The normalized spacial score (nSPS) is 26.0. The zero-order valence-corrected chi connectivity index (χ0v) is 8.47. The molecule has 0 amide bonds. The van der Waals surface area contributed by atoms with Gasteiger partial charge in [-0.05, 0) is 6.07 Å². The van der Waals surface area contributed by atoms with E-state index in [0.29, 0.717) is 5.65 Å². The van der Waals surface area contributed by atoms with E-state index in [4.69, 9.17) is 5.11 Å². The third-order valence-corrected chi connectivity index (χ3v) is 3.03. The van der Waals surface area contributed by atoms with Gasteiger partial charge in [0.15, 0.2) is 11.1 Å². The monoisotopic (exact) mass is 239 g/mol. The van der Waals surface area contributed by atoms with Gasteiger partial charge in [0.2, 0.25) is 0 Å². The van der Waals surface area contributed by atoms with Crippen molar-refractivity contribution in [2.24, 2.45) is 0 Å². The van der Waals surface area contributed by atoms with Gasteiger partial charge >= 0.3 is 5.97 Å². The average molecular weight is 239 g/mol. The van der Waals surface area contributed by atoms with Crippen LogP contribution in [0, 0.1) is 0 Å². The van der Waals surface area contributed by atoms with E-state index in [1.165, 1.54) is 23.0 Å². The van der Waals surface area contributed by atoms with E-state index in [-0.39, 0.29) is 5.69 Å². The highest BCUT2D eigenvalue weighted by Gasteiger charge is 2.78. The molecule has 2 aromatic heterocycles. The van der Waals surface area contributed by atoms with E-state index in [0.717, 1.165) is 0 Å². The largest absolute Gasteiger partial charge is 0.480 e. The van der Waals surface area contributed by atoms with Crippen LogP contribution in [0.4, 0.5) is 8.78 Å². The Morgan fingerprint density at radius 3 is 2.76 bits per heavy atom. The fourth-order valence-electron chi connectivity index (χ4n) is 1.95. The van der Waals surface area contributed by atoms with Crippen molar-refractivity contribution in [1.29, 1.82) is 0 Å². The Kier molecular flexibility index (Phi) is 1.66. The highest BCUT2D eigenvalue weighted by Crippen LogP contribution is 2.61. The molecule has 0 saturated heterocycles. The van der Waals surface area contributed by atoms with Crippen molar-refractivity contribution in [2.45, 2.75) is 17.8 Å². The van der Waals surface area contributed by atoms with Crippen molar-refractivity contribution in [3.8, 4) is 0 Å². The molecule has 0 bridgehead atoms. The number of halogens is 2. The molecule has 1 saturated carbocycles. The minimum atomic E-state index is -3.24. The fourth-order valence-corrected chi connectivity index (χ4v) is 1.95. The van der Waals surface area contributed by atoms with Gasteiger partial charge in [-0.15, -0.1) is 0 Å². The molecule has 0 spiro atoms. The zero-order chi connectivity index (χ0) is 12.3. The van der Waals surface area contributed by atoms with Crippen molar-refractivity contribution < 1.29 is 18.7 Å². The van der Waals surface area contributed by atoms with Crippen LogP contribution >= 0.6 is 0 Å². The van der Waals surface area contributed by atoms with Gasteiger partial charge < -0.3 is 5.11 Å². The maximum atomic E-state index is 13.3. The molecule has 17 heavy (non-hydrogen) atoms. The van der Waals surface area contributed by atoms with E-state index in [2.05, 4.69) is 10.1 Å². The number of carbonyl (C=O) groups is 1. The Bertz CT molecular complexity index is 592. The van der Waals surface area contributed by atoms with Crippen LogP contribution in [-0.2, 0) is 10.2 Å². The van der Waals surface area contributed by atoms with Crippen molar-refractivity contribution in [2.75, 3.05) is 0 Å². The molecule has 0 aliphatic heterocycles. The lowest BCUT2D eigenvalue weighted by atomic mass is 10.0. The number of aromatic nitrogens is 3. The molecule has 88 valence electrons. The van der Waals surface area contributed by atoms with Crippen LogP contribution in [0.15, 0.2) is 24.5 Å². The Morgan fingerprint density at radius 2 is 2.24 bits per heavy atom. The lowest BCUT2D eigenvalue weighted by Crippen LogP contribution is -2.27. The maximum absolute atomic E-state index is 13.3. The van der Waals surface area contributed by atoms with Gasteiger partial charge in [-0.3, -0.25) is 4.79 Å². The molecule has 2 heterocycles. The second kappa shape index (κ2) is 2.79. The number of carboxylic acid groups (broad SMARTS) is 1. The quantitative estimate of drug-likeness (QED) is 0.851. The van der Waals surface area contributed by atoms with Crippen LogP contribution < -0.4 is 0 Å². The first-order valence-electron chi connectivity index (χ1n) is 4.89. The molecule has 1 N–H and O–H groups in total. The van der Waals surface area contributed by atoms with Crippen LogP contribution in [0.1, 0.15) is 12.1 Å². The Morgan fingerprint density at radius 1 is 1.53 bits per heavy atom. The first kappa shape index (κ1) is 10.1. The SMILES string of the molecule is O=C(O)C1(c2cc3ncccn3n2)CC1(F)F. The minimum absolute atomic E-state index is 0.145. The van der Waals surface area contributed by atoms with Crippen LogP contribution in [0.25, 0.3) is 5.65 Å². The molecule has 3 rings (SSSR count). The third kappa shape index (κ3) is 1.13. The van der Waals surface area contributed by atoms with Crippen molar-refractivity contribution >= 4 is 11.6 Å². The third-order valence-electron chi connectivity index (χ3n) is 3.03.